The number of thioether (sulfide) groups is 1. The summed E-state index contributed by atoms with van der Waals surface area (Å²) in [6, 6.07) is 0.256. The molecule has 0 spiro atoms. The van der Waals surface area contributed by atoms with E-state index in [1.807, 2.05) is 18.0 Å². The zero-order valence-corrected chi connectivity index (χ0v) is 14.5. The van der Waals surface area contributed by atoms with Crippen LogP contribution in [-0.4, -0.2) is 21.9 Å². The molecule has 0 bridgehead atoms. The van der Waals surface area contributed by atoms with E-state index in [4.69, 9.17) is 0 Å². The number of rotatable bonds is 6. The lowest BCUT2D eigenvalue weighted by Gasteiger charge is -2.19. The summed E-state index contributed by atoms with van der Waals surface area (Å²) in [5, 5.41) is 6.44. The van der Waals surface area contributed by atoms with Gasteiger partial charge in [0.1, 0.15) is 5.01 Å². The fourth-order valence-electron chi connectivity index (χ4n) is 2.46. The average molecular weight is 312 g/mol. The molecule has 5 heteroatoms. The van der Waals surface area contributed by atoms with Crippen molar-refractivity contribution in [3.63, 3.8) is 0 Å². The van der Waals surface area contributed by atoms with E-state index in [1.54, 1.807) is 11.3 Å². The summed E-state index contributed by atoms with van der Waals surface area (Å²) < 4.78 is 0. The predicted molar refractivity (Wildman–Crippen MR) is 90.8 cm³/mol. The van der Waals surface area contributed by atoms with Gasteiger partial charge < -0.3 is 5.32 Å². The van der Waals surface area contributed by atoms with Crippen molar-refractivity contribution in [2.24, 2.45) is 10.9 Å². The number of nitrogens with one attached hydrogen (secondary N) is 1. The topological polar surface area (TPSA) is 37.3 Å². The number of hydrogen-bond donors (Lipinski definition) is 1. The number of aliphatic imine (C=N–C) groups is 1. The molecule has 1 N–H and O–H groups in total. The highest BCUT2D eigenvalue weighted by atomic mass is 32.2. The summed E-state index contributed by atoms with van der Waals surface area (Å²) >= 11 is 3.72. The molecule has 20 heavy (non-hydrogen) atoms. The lowest BCUT2D eigenvalue weighted by atomic mass is 9.99. The van der Waals surface area contributed by atoms with Crippen molar-refractivity contribution in [2.45, 2.75) is 58.2 Å². The lowest BCUT2D eigenvalue weighted by molar-refractivity contribution is 0.479. The highest BCUT2D eigenvalue weighted by Gasteiger charge is 2.26. The Morgan fingerprint density at radius 3 is 2.70 bits per heavy atom. The number of hydrogen-bond acceptors (Lipinski definition) is 5. The highest BCUT2D eigenvalue weighted by molar-refractivity contribution is 8.14. The molecule has 0 saturated heterocycles. The van der Waals surface area contributed by atoms with Crippen molar-refractivity contribution in [3.8, 4) is 0 Å². The molecule has 1 aromatic heterocycles. The maximum absolute atomic E-state index is 4.67. The minimum Gasteiger partial charge on any atom is -0.356 e. The van der Waals surface area contributed by atoms with Crippen molar-refractivity contribution < 1.29 is 0 Å². The Labute approximate surface area is 130 Å². The molecule has 2 rings (SSSR count). The summed E-state index contributed by atoms with van der Waals surface area (Å²) in [7, 11) is 0. The maximum atomic E-state index is 4.67. The van der Waals surface area contributed by atoms with Gasteiger partial charge in [0, 0.05) is 16.3 Å². The molecule has 2 unspecified atom stereocenters. The van der Waals surface area contributed by atoms with E-state index in [0.717, 1.165) is 29.1 Å². The molecular formula is C15H25N3S2. The van der Waals surface area contributed by atoms with Crippen molar-refractivity contribution in [1.82, 2.24) is 10.3 Å². The molecule has 1 aromatic rings. The van der Waals surface area contributed by atoms with Gasteiger partial charge in [-0.1, -0.05) is 45.4 Å². The van der Waals surface area contributed by atoms with E-state index >= 15 is 0 Å². The number of thiazole rings is 1. The van der Waals surface area contributed by atoms with E-state index in [9.17, 15) is 0 Å². The van der Waals surface area contributed by atoms with Crippen LogP contribution in [0.2, 0.25) is 0 Å². The first-order valence-electron chi connectivity index (χ1n) is 7.60. The van der Waals surface area contributed by atoms with Crippen LogP contribution in [0, 0.1) is 5.92 Å². The summed E-state index contributed by atoms with van der Waals surface area (Å²) in [5.74, 6) is 0.782. The van der Waals surface area contributed by atoms with Crippen LogP contribution in [-0.2, 0) is 6.42 Å². The monoisotopic (exact) mass is 311 g/mol. The van der Waals surface area contributed by atoms with E-state index in [-0.39, 0.29) is 6.04 Å². The average Bonchev–Trinajstić information content (AvgIpc) is 3.09. The van der Waals surface area contributed by atoms with Crippen LogP contribution >= 0.6 is 23.1 Å². The van der Waals surface area contributed by atoms with Crippen molar-refractivity contribution in [1.29, 1.82) is 0 Å². The normalized spacial score (nSPS) is 20.2. The fraction of sp³-hybridized carbons (Fsp3) is 0.733. The highest BCUT2D eigenvalue weighted by Crippen LogP contribution is 2.31. The zero-order valence-electron chi connectivity index (χ0n) is 12.8. The van der Waals surface area contributed by atoms with Crippen LogP contribution in [0.15, 0.2) is 11.2 Å². The summed E-state index contributed by atoms with van der Waals surface area (Å²) in [6.45, 7) is 9.87. The second-order valence-corrected chi connectivity index (χ2v) is 7.64. The van der Waals surface area contributed by atoms with Gasteiger partial charge in [0.25, 0.3) is 0 Å². The third-order valence-corrected chi connectivity index (χ3v) is 6.51. The van der Waals surface area contributed by atoms with Gasteiger partial charge in [-0.25, -0.2) is 4.98 Å². The Morgan fingerprint density at radius 2 is 2.10 bits per heavy atom. The molecule has 3 nitrogen and oxygen atoms in total. The minimum absolute atomic E-state index is 0.256. The van der Waals surface area contributed by atoms with Gasteiger partial charge in [-0.05, 0) is 19.3 Å². The Morgan fingerprint density at radius 1 is 1.35 bits per heavy atom. The maximum Gasteiger partial charge on any atom is 0.157 e. The SMILES string of the molecule is CCc1cnc(C(C)NC2=NCC(C(CC)CC)S2)s1. The third kappa shape index (κ3) is 3.76. The van der Waals surface area contributed by atoms with Gasteiger partial charge >= 0.3 is 0 Å². The largest absolute Gasteiger partial charge is 0.356 e. The smallest absolute Gasteiger partial charge is 0.157 e. The van der Waals surface area contributed by atoms with Crippen LogP contribution in [0.5, 0.6) is 0 Å². The first-order valence-corrected chi connectivity index (χ1v) is 9.29. The first kappa shape index (κ1) is 15.8. The van der Waals surface area contributed by atoms with E-state index < -0.39 is 0 Å². The number of amidine groups is 1. The standard InChI is InChI=1S/C15H25N3S2/c1-5-11(6-2)13-9-17-15(20-13)18-10(4)14-16-8-12(7-3)19-14/h8,10-11,13H,5-7,9H2,1-4H3,(H,17,18). The Kier molecular flexibility index (Phi) is 5.90. The minimum atomic E-state index is 0.256. The van der Waals surface area contributed by atoms with Gasteiger partial charge in [-0.2, -0.15) is 0 Å². The van der Waals surface area contributed by atoms with Gasteiger partial charge in [0.15, 0.2) is 5.17 Å². The second-order valence-electron chi connectivity index (χ2n) is 5.26. The summed E-state index contributed by atoms with van der Waals surface area (Å²) in [5.41, 5.74) is 0. The number of nitrogens with zero attached hydrogens (tertiary/aromatic N) is 2. The molecule has 0 radical (unpaired) electrons. The predicted octanol–water partition coefficient (Wildman–Crippen LogP) is 4.26. The van der Waals surface area contributed by atoms with Gasteiger partial charge in [-0.15, -0.1) is 11.3 Å². The van der Waals surface area contributed by atoms with Gasteiger partial charge in [0.05, 0.1) is 12.6 Å². The van der Waals surface area contributed by atoms with Crippen LogP contribution in [0.3, 0.4) is 0 Å². The van der Waals surface area contributed by atoms with Crippen molar-refractivity contribution in [2.75, 3.05) is 6.54 Å². The van der Waals surface area contributed by atoms with Crippen LogP contribution < -0.4 is 5.32 Å². The second kappa shape index (κ2) is 7.46. The molecule has 112 valence electrons. The molecule has 0 fully saturated rings. The summed E-state index contributed by atoms with van der Waals surface area (Å²) in [4.78, 5) is 10.5. The van der Waals surface area contributed by atoms with Crippen molar-refractivity contribution in [3.05, 3.63) is 16.1 Å². The van der Waals surface area contributed by atoms with Gasteiger partial charge in [0.2, 0.25) is 0 Å². The third-order valence-electron chi connectivity index (χ3n) is 3.88. The molecule has 0 aromatic carbocycles. The number of aromatic nitrogens is 1. The van der Waals surface area contributed by atoms with Gasteiger partial charge in [-0.3, -0.25) is 4.99 Å². The molecule has 2 heterocycles. The quantitative estimate of drug-likeness (QED) is 0.852. The van der Waals surface area contributed by atoms with Crippen molar-refractivity contribution >= 4 is 28.3 Å². The van der Waals surface area contributed by atoms with Crippen LogP contribution in [0.4, 0.5) is 0 Å². The van der Waals surface area contributed by atoms with E-state index in [1.165, 1.54) is 17.7 Å². The molecular weight excluding hydrogens is 286 g/mol. The molecule has 2 atom stereocenters. The first-order chi connectivity index (χ1) is 9.67. The molecule has 0 saturated carbocycles. The Hall–Kier alpha value is -0.550. The molecule has 1 aliphatic heterocycles. The lowest BCUT2D eigenvalue weighted by Crippen LogP contribution is -2.24. The van der Waals surface area contributed by atoms with Crippen LogP contribution in [0.1, 0.15) is 56.5 Å². The Balaban J connectivity index is 1.88. The molecule has 1 aliphatic rings. The Bertz CT molecular complexity index is 452. The van der Waals surface area contributed by atoms with E-state index in [0.29, 0.717) is 5.25 Å². The molecule has 0 amide bonds. The zero-order chi connectivity index (χ0) is 14.5. The fourth-order valence-corrected chi connectivity index (χ4v) is 4.73. The molecule has 0 aliphatic carbocycles. The van der Waals surface area contributed by atoms with Crippen LogP contribution in [0.25, 0.3) is 0 Å². The van der Waals surface area contributed by atoms with E-state index in [2.05, 4.69) is 43.0 Å². The number of aryl methyl sites for hydroxylation is 1. The summed E-state index contributed by atoms with van der Waals surface area (Å²) in [6.07, 6.45) is 5.56.